The summed E-state index contributed by atoms with van der Waals surface area (Å²) in [5.41, 5.74) is 2.06. The molecule has 26 heavy (non-hydrogen) atoms. The van der Waals surface area contributed by atoms with Gasteiger partial charge in [-0.05, 0) is 50.3 Å². The van der Waals surface area contributed by atoms with Crippen molar-refractivity contribution in [2.75, 3.05) is 12.0 Å². The van der Waals surface area contributed by atoms with E-state index >= 15 is 0 Å². The Hall–Kier alpha value is -2.76. The highest BCUT2D eigenvalue weighted by Gasteiger charge is 2.31. The highest BCUT2D eigenvalue weighted by molar-refractivity contribution is 6.03. The summed E-state index contributed by atoms with van der Waals surface area (Å²) in [7, 11) is 1.63. The van der Waals surface area contributed by atoms with Crippen LogP contribution in [0.1, 0.15) is 37.7 Å². The third-order valence-corrected chi connectivity index (χ3v) is 5.10. The largest absolute Gasteiger partial charge is 0.493 e. The molecule has 1 amide bonds. The normalized spacial score (nSPS) is 17.3. The zero-order valence-electron chi connectivity index (χ0n) is 14.8. The van der Waals surface area contributed by atoms with Crippen molar-refractivity contribution in [3.63, 3.8) is 0 Å². The minimum absolute atomic E-state index is 0.0277. The van der Waals surface area contributed by atoms with Gasteiger partial charge in [-0.1, -0.05) is 0 Å². The van der Waals surface area contributed by atoms with Crippen molar-refractivity contribution in [2.24, 2.45) is 0 Å². The monoisotopic (exact) mass is 354 g/mol. The molecule has 1 saturated carbocycles. The first kappa shape index (κ1) is 16.7. The van der Waals surface area contributed by atoms with Crippen LogP contribution >= 0.6 is 0 Å². The Kier molecular flexibility index (Phi) is 4.41. The molecule has 0 spiro atoms. The Labute approximate surface area is 151 Å². The van der Waals surface area contributed by atoms with Crippen LogP contribution in [-0.4, -0.2) is 24.1 Å². The van der Waals surface area contributed by atoms with Crippen LogP contribution in [0.4, 0.5) is 11.4 Å². The topological polar surface area (TPSA) is 71.6 Å². The second kappa shape index (κ2) is 6.86. The van der Waals surface area contributed by atoms with Gasteiger partial charge >= 0.3 is 0 Å². The van der Waals surface area contributed by atoms with E-state index in [1.165, 1.54) is 18.9 Å². The average Bonchev–Trinajstić information content (AvgIpc) is 3.15. The number of nitrogens with one attached hydrogen (secondary N) is 1. The fourth-order valence-corrected chi connectivity index (χ4v) is 3.84. The van der Waals surface area contributed by atoms with Crippen LogP contribution < -0.4 is 19.9 Å². The van der Waals surface area contributed by atoms with Crippen molar-refractivity contribution in [1.82, 2.24) is 4.98 Å². The number of benzene rings is 1. The van der Waals surface area contributed by atoms with Crippen LogP contribution in [-0.2, 0) is 11.2 Å². The van der Waals surface area contributed by atoms with E-state index in [9.17, 15) is 9.59 Å². The van der Waals surface area contributed by atoms with Gasteiger partial charge in [0.2, 0.25) is 11.5 Å². The zero-order valence-corrected chi connectivity index (χ0v) is 14.8. The highest BCUT2D eigenvalue weighted by atomic mass is 16.5. The third-order valence-electron chi connectivity index (χ3n) is 5.10. The molecule has 0 atom stereocenters. The van der Waals surface area contributed by atoms with Crippen molar-refractivity contribution in [3.8, 4) is 11.5 Å². The van der Waals surface area contributed by atoms with Crippen LogP contribution in [0.2, 0.25) is 0 Å². The molecule has 0 bridgehead atoms. The molecular weight excluding hydrogens is 332 g/mol. The molecule has 1 aliphatic carbocycles. The lowest BCUT2D eigenvalue weighted by Crippen LogP contribution is -2.32. The number of amides is 1. The second-order valence-corrected chi connectivity index (χ2v) is 6.76. The first-order chi connectivity index (χ1) is 12.7. The summed E-state index contributed by atoms with van der Waals surface area (Å²) in [6.07, 6.45) is 7.17. The molecule has 4 rings (SSSR count). The highest BCUT2D eigenvalue weighted by Crippen LogP contribution is 2.44. The van der Waals surface area contributed by atoms with E-state index in [0.29, 0.717) is 24.3 Å². The smallest absolute Gasteiger partial charge is 0.250 e. The Morgan fingerprint density at radius 3 is 2.65 bits per heavy atom. The molecule has 0 radical (unpaired) electrons. The van der Waals surface area contributed by atoms with E-state index in [4.69, 9.17) is 9.47 Å². The summed E-state index contributed by atoms with van der Waals surface area (Å²) in [5.74, 6) is 1.40. The van der Waals surface area contributed by atoms with Gasteiger partial charge in [0.25, 0.3) is 0 Å². The summed E-state index contributed by atoms with van der Waals surface area (Å²) in [6, 6.07) is 6.88. The van der Waals surface area contributed by atoms with Gasteiger partial charge in [-0.15, -0.1) is 0 Å². The average molecular weight is 354 g/mol. The number of anilines is 2. The minimum atomic E-state index is -0.238. The molecule has 1 N–H and O–H groups in total. The maximum absolute atomic E-state index is 12.6. The van der Waals surface area contributed by atoms with E-state index in [1.54, 1.807) is 24.3 Å². The van der Waals surface area contributed by atoms with Crippen LogP contribution in [0.25, 0.3) is 0 Å². The number of methoxy groups -OCH3 is 1. The first-order valence-corrected chi connectivity index (χ1v) is 9.05. The Morgan fingerprint density at radius 2 is 1.92 bits per heavy atom. The summed E-state index contributed by atoms with van der Waals surface area (Å²) >= 11 is 0. The van der Waals surface area contributed by atoms with E-state index < -0.39 is 0 Å². The molecule has 2 aliphatic rings. The van der Waals surface area contributed by atoms with Crippen LogP contribution in [0.5, 0.6) is 11.5 Å². The number of rotatable bonds is 4. The Balaban J connectivity index is 1.80. The minimum Gasteiger partial charge on any atom is -0.493 e. The fraction of sp³-hybridized carbons (Fsp3) is 0.400. The van der Waals surface area contributed by atoms with Gasteiger partial charge in [0.1, 0.15) is 0 Å². The van der Waals surface area contributed by atoms with Gasteiger partial charge in [0.05, 0.1) is 24.6 Å². The lowest BCUT2D eigenvalue weighted by atomic mass is 9.98. The maximum atomic E-state index is 12.6. The van der Waals surface area contributed by atoms with Crippen molar-refractivity contribution < 1.29 is 14.3 Å². The molecule has 2 aromatic rings. The second-order valence-electron chi connectivity index (χ2n) is 6.76. The van der Waals surface area contributed by atoms with E-state index in [2.05, 4.69) is 4.98 Å². The summed E-state index contributed by atoms with van der Waals surface area (Å²) < 4.78 is 11.8. The van der Waals surface area contributed by atoms with Crippen LogP contribution in [0.3, 0.4) is 0 Å². The van der Waals surface area contributed by atoms with E-state index in [1.807, 2.05) is 12.1 Å². The zero-order chi connectivity index (χ0) is 18.1. The molecule has 0 unspecified atom stereocenters. The molecule has 6 heteroatoms. The van der Waals surface area contributed by atoms with E-state index in [-0.39, 0.29) is 17.6 Å². The maximum Gasteiger partial charge on any atom is 0.250 e. The third kappa shape index (κ3) is 2.96. The number of fused-ring (bicyclic) bond motifs is 1. The molecular formula is C20H22N2O4. The molecule has 136 valence electrons. The van der Waals surface area contributed by atoms with Crippen LogP contribution in [0, 0.1) is 0 Å². The molecule has 1 aromatic heterocycles. The van der Waals surface area contributed by atoms with Crippen molar-refractivity contribution in [2.45, 2.75) is 44.6 Å². The molecule has 1 aromatic carbocycles. The lowest BCUT2D eigenvalue weighted by molar-refractivity contribution is -0.118. The molecule has 1 fully saturated rings. The van der Waals surface area contributed by atoms with Gasteiger partial charge in [0, 0.05) is 24.2 Å². The molecule has 6 nitrogen and oxygen atoms in total. The number of ether oxygens (including phenoxy) is 2. The number of H-pyrrole nitrogens is 1. The van der Waals surface area contributed by atoms with Gasteiger partial charge in [0.15, 0.2) is 11.5 Å². The number of carbonyl (C=O) groups excluding carboxylic acids is 1. The number of hydrogen-bond acceptors (Lipinski definition) is 4. The Bertz CT molecular complexity index is 884. The standard InChI is InChI=1S/C20H22N2O4/c1-25-17-8-7-16-15(20(17)26-14-4-2-3-5-14)6-9-19(24)22(16)13-10-11-21-18(23)12-13/h7-8,10-12,14H,2-6,9H2,1H3,(H,21,23). The van der Waals surface area contributed by atoms with Crippen molar-refractivity contribution >= 4 is 17.3 Å². The number of nitrogens with zero attached hydrogens (tertiary/aromatic N) is 1. The summed E-state index contributed by atoms with van der Waals surface area (Å²) in [6.45, 7) is 0. The quantitative estimate of drug-likeness (QED) is 0.914. The van der Waals surface area contributed by atoms with Gasteiger partial charge in [-0.25, -0.2) is 0 Å². The number of aromatic amines is 1. The first-order valence-electron chi connectivity index (χ1n) is 9.05. The molecule has 2 heterocycles. The number of carbonyl (C=O) groups is 1. The number of hydrogen-bond donors (Lipinski definition) is 1. The molecule has 0 saturated heterocycles. The summed E-state index contributed by atoms with van der Waals surface area (Å²) in [4.78, 5) is 28.5. The summed E-state index contributed by atoms with van der Waals surface area (Å²) in [5, 5.41) is 0. The predicted molar refractivity (Wildman–Crippen MR) is 98.4 cm³/mol. The SMILES string of the molecule is COc1ccc2c(c1OC1CCCC1)CCC(=O)N2c1cc[nH]c(=O)c1. The fourth-order valence-electron chi connectivity index (χ4n) is 3.84. The Morgan fingerprint density at radius 1 is 1.12 bits per heavy atom. The van der Waals surface area contributed by atoms with Gasteiger partial charge in [-0.2, -0.15) is 0 Å². The van der Waals surface area contributed by atoms with Crippen LogP contribution in [0.15, 0.2) is 35.3 Å². The molecule has 1 aliphatic heterocycles. The van der Waals surface area contributed by atoms with Gasteiger partial charge < -0.3 is 14.5 Å². The van der Waals surface area contributed by atoms with E-state index in [0.717, 1.165) is 29.8 Å². The van der Waals surface area contributed by atoms with Crippen molar-refractivity contribution in [3.05, 3.63) is 46.4 Å². The van der Waals surface area contributed by atoms with Crippen molar-refractivity contribution in [1.29, 1.82) is 0 Å². The number of aromatic nitrogens is 1. The number of pyridine rings is 1. The van der Waals surface area contributed by atoms with Gasteiger partial charge in [-0.3, -0.25) is 14.5 Å². The predicted octanol–water partition coefficient (Wildman–Crippen LogP) is 3.32. The lowest BCUT2D eigenvalue weighted by Gasteiger charge is -2.31.